The van der Waals surface area contributed by atoms with Crippen molar-refractivity contribution in [1.29, 1.82) is 0 Å². The minimum atomic E-state index is -0.00327. The highest BCUT2D eigenvalue weighted by Crippen LogP contribution is 2.30. The molecular formula is C27H39N3OS. The summed E-state index contributed by atoms with van der Waals surface area (Å²) in [6.45, 7) is 9.47. The lowest BCUT2D eigenvalue weighted by Crippen LogP contribution is -2.35. The average molecular weight is 454 g/mol. The number of carbonyl (C=O) groups is 1. The lowest BCUT2D eigenvalue weighted by molar-refractivity contribution is -0.118. The third-order valence-electron chi connectivity index (χ3n) is 6.21. The van der Waals surface area contributed by atoms with Crippen molar-refractivity contribution >= 4 is 23.5 Å². The molecule has 0 bridgehead atoms. The zero-order valence-corrected chi connectivity index (χ0v) is 20.7. The van der Waals surface area contributed by atoms with E-state index < -0.39 is 0 Å². The fraction of sp³-hybridized carbons (Fsp3) is 0.519. The molecule has 1 aliphatic heterocycles. The Hall–Kier alpha value is -1.82. The van der Waals surface area contributed by atoms with E-state index in [1.54, 1.807) is 0 Å². The number of carbonyl (C=O) groups excluding carboxylic acids is 1. The van der Waals surface area contributed by atoms with Crippen LogP contribution in [0.15, 0.2) is 54.6 Å². The van der Waals surface area contributed by atoms with Crippen LogP contribution in [0.4, 0.5) is 5.69 Å². The van der Waals surface area contributed by atoms with Gasteiger partial charge in [0.25, 0.3) is 0 Å². The second kappa shape index (κ2) is 13.0. The zero-order valence-electron chi connectivity index (χ0n) is 19.8. The number of likely N-dealkylation sites (tertiary alicyclic amines) is 1. The van der Waals surface area contributed by atoms with Crippen molar-refractivity contribution in [3.8, 4) is 0 Å². The number of anilines is 1. The van der Waals surface area contributed by atoms with E-state index >= 15 is 0 Å². The fourth-order valence-corrected chi connectivity index (χ4v) is 4.98. The van der Waals surface area contributed by atoms with Gasteiger partial charge in [-0.3, -0.25) is 9.52 Å². The van der Waals surface area contributed by atoms with Crippen molar-refractivity contribution in [1.82, 2.24) is 9.62 Å². The molecule has 2 aromatic rings. The molecule has 1 heterocycles. The van der Waals surface area contributed by atoms with E-state index in [-0.39, 0.29) is 11.8 Å². The normalized spacial score (nSPS) is 16.2. The molecule has 174 valence electrons. The van der Waals surface area contributed by atoms with E-state index in [2.05, 4.69) is 70.4 Å². The molecule has 1 amide bonds. The summed E-state index contributed by atoms with van der Waals surface area (Å²) in [5.41, 5.74) is 3.65. The molecule has 1 fully saturated rings. The molecule has 1 atom stereocenters. The molecule has 3 rings (SSSR count). The average Bonchev–Trinajstić information content (AvgIpc) is 2.82. The summed E-state index contributed by atoms with van der Waals surface area (Å²) in [5.74, 6) is 1.79. The van der Waals surface area contributed by atoms with Crippen molar-refractivity contribution in [3.05, 3.63) is 65.7 Å². The van der Waals surface area contributed by atoms with Gasteiger partial charge in [0.15, 0.2) is 0 Å². The third kappa shape index (κ3) is 7.65. The van der Waals surface area contributed by atoms with Gasteiger partial charge < -0.3 is 10.2 Å². The summed E-state index contributed by atoms with van der Waals surface area (Å²) < 4.78 is 3.70. The third-order valence-corrected chi connectivity index (χ3v) is 7.27. The molecule has 2 aromatic carbocycles. The summed E-state index contributed by atoms with van der Waals surface area (Å²) in [7, 11) is 0. The summed E-state index contributed by atoms with van der Waals surface area (Å²) >= 11 is 1.85. The maximum absolute atomic E-state index is 12.0. The monoisotopic (exact) mass is 453 g/mol. The van der Waals surface area contributed by atoms with Crippen LogP contribution < -0.4 is 10.0 Å². The first-order valence-electron chi connectivity index (χ1n) is 12.1. The Morgan fingerprint density at radius 1 is 1.09 bits per heavy atom. The smallest absolute Gasteiger partial charge is 0.226 e. The molecule has 0 aliphatic carbocycles. The van der Waals surface area contributed by atoms with Crippen LogP contribution >= 0.6 is 11.9 Å². The topological polar surface area (TPSA) is 44.4 Å². The standard InChI is InChI=1S/C27H39N3OS/c1-4-19-32-29-26(23-9-6-5-7-10-23)15-18-30-16-13-22(14-17-30)24-11-8-12-25(20-24)28-27(31)21(2)3/h5-12,20-22,26,29H,4,13-19H2,1-3H3,(H,28,31). The summed E-state index contributed by atoms with van der Waals surface area (Å²) in [4.78, 5) is 14.6. The van der Waals surface area contributed by atoms with Gasteiger partial charge in [0.2, 0.25) is 5.91 Å². The Bertz CT molecular complexity index is 819. The molecule has 0 radical (unpaired) electrons. The van der Waals surface area contributed by atoms with Gasteiger partial charge >= 0.3 is 0 Å². The summed E-state index contributed by atoms with van der Waals surface area (Å²) in [6, 6.07) is 19.7. The minimum Gasteiger partial charge on any atom is -0.326 e. The van der Waals surface area contributed by atoms with Gasteiger partial charge in [-0.1, -0.05) is 75.2 Å². The van der Waals surface area contributed by atoms with Gasteiger partial charge in [-0.05, 0) is 74.5 Å². The van der Waals surface area contributed by atoms with Crippen LogP contribution in [0.25, 0.3) is 0 Å². The van der Waals surface area contributed by atoms with Crippen LogP contribution in [0.2, 0.25) is 0 Å². The van der Waals surface area contributed by atoms with E-state index in [1.807, 2.05) is 31.9 Å². The molecule has 2 N–H and O–H groups in total. The first kappa shape index (κ1) is 24.8. The number of hydrogen-bond acceptors (Lipinski definition) is 4. The van der Waals surface area contributed by atoms with E-state index in [1.165, 1.54) is 30.4 Å². The highest BCUT2D eigenvalue weighted by Gasteiger charge is 2.22. The zero-order chi connectivity index (χ0) is 22.8. The Labute approximate surface area is 198 Å². The number of benzene rings is 2. The van der Waals surface area contributed by atoms with Crippen LogP contribution in [0.1, 0.15) is 69.5 Å². The first-order valence-corrected chi connectivity index (χ1v) is 13.1. The Morgan fingerprint density at radius 3 is 2.53 bits per heavy atom. The molecule has 32 heavy (non-hydrogen) atoms. The van der Waals surface area contributed by atoms with E-state index in [0.717, 1.165) is 37.5 Å². The summed E-state index contributed by atoms with van der Waals surface area (Å²) in [6.07, 6.45) is 4.67. The molecular weight excluding hydrogens is 414 g/mol. The van der Waals surface area contributed by atoms with Crippen LogP contribution in [-0.2, 0) is 4.79 Å². The van der Waals surface area contributed by atoms with Crippen LogP contribution in [0.3, 0.4) is 0 Å². The highest BCUT2D eigenvalue weighted by molar-refractivity contribution is 7.97. The van der Waals surface area contributed by atoms with Crippen molar-refractivity contribution in [3.63, 3.8) is 0 Å². The molecule has 5 heteroatoms. The molecule has 0 saturated carbocycles. The first-order chi connectivity index (χ1) is 15.6. The molecule has 1 aliphatic rings. The Balaban J connectivity index is 1.50. The number of rotatable bonds is 11. The quantitative estimate of drug-likeness (QED) is 0.312. The van der Waals surface area contributed by atoms with Gasteiger partial charge in [-0.15, -0.1) is 0 Å². The number of nitrogens with zero attached hydrogens (tertiary/aromatic N) is 1. The maximum atomic E-state index is 12.0. The fourth-order valence-electron chi connectivity index (χ4n) is 4.20. The molecule has 0 spiro atoms. The van der Waals surface area contributed by atoms with E-state index in [4.69, 9.17) is 0 Å². The lowest BCUT2D eigenvalue weighted by atomic mass is 9.89. The molecule has 1 unspecified atom stereocenters. The van der Waals surface area contributed by atoms with Crippen molar-refractivity contribution in [2.45, 2.75) is 58.4 Å². The van der Waals surface area contributed by atoms with E-state index in [0.29, 0.717) is 12.0 Å². The van der Waals surface area contributed by atoms with Gasteiger partial charge in [-0.2, -0.15) is 0 Å². The molecule has 1 saturated heterocycles. The highest BCUT2D eigenvalue weighted by atomic mass is 32.2. The van der Waals surface area contributed by atoms with Gasteiger partial charge in [0.1, 0.15) is 0 Å². The molecule has 0 aromatic heterocycles. The second-order valence-corrected chi connectivity index (χ2v) is 10.0. The minimum absolute atomic E-state index is 0.00327. The lowest BCUT2D eigenvalue weighted by Gasteiger charge is -2.33. The maximum Gasteiger partial charge on any atom is 0.226 e. The van der Waals surface area contributed by atoms with Crippen LogP contribution in [-0.4, -0.2) is 36.2 Å². The predicted molar refractivity (Wildman–Crippen MR) is 138 cm³/mol. The largest absolute Gasteiger partial charge is 0.326 e. The SMILES string of the molecule is CCCSNC(CCN1CCC(c2cccc(NC(=O)C(C)C)c2)CC1)c1ccccc1. The number of hydrogen-bond donors (Lipinski definition) is 2. The summed E-state index contributed by atoms with van der Waals surface area (Å²) in [5, 5.41) is 3.04. The van der Waals surface area contributed by atoms with E-state index in [9.17, 15) is 4.79 Å². The molecule has 4 nitrogen and oxygen atoms in total. The predicted octanol–water partition coefficient (Wildman–Crippen LogP) is 6.24. The number of piperidine rings is 1. The Morgan fingerprint density at radius 2 is 1.84 bits per heavy atom. The van der Waals surface area contributed by atoms with Crippen molar-refractivity contribution in [2.75, 3.05) is 30.7 Å². The van der Waals surface area contributed by atoms with Gasteiger partial charge in [0, 0.05) is 23.4 Å². The van der Waals surface area contributed by atoms with Gasteiger partial charge in [-0.25, -0.2) is 0 Å². The van der Waals surface area contributed by atoms with Gasteiger partial charge in [0.05, 0.1) is 0 Å². The van der Waals surface area contributed by atoms with Crippen LogP contribution in [0.5, 0.6) is 0 Å². The van der Waals surface area contributed by atoms with Crippen LogP contribution in [0, 0.1) is 5.92 Å². The van der Waals surface area contributed by atoms with Crippen molar-refractivity contribution in [2.24, 2.45) is 5.92 Å². The van der Waals surface area contributed by atoms with Crippen molar-refractivity contribution < 1.29 is 4.79 Å². The number of nitrogens with one attached hydrogen (secondary N) is 2. The second-order valence-electron chi connectivity index (χ2n) is 9.10. The number of amides is 1. The Kier molecular flexibility index (Phi) is 10.1.